The van der Waals surface area contributed by atoms with Crippen molar-refractivity contribution in [3.05, 3.63) is 0 Å². The molecule has 4 heteroatoms. The molecule has 0 N–H and O–H groups in total. The van der Waals surface area contributed by atoms with Crippen LogP contribution in [0.4, 0.5) is 4.39 Å². The molecule has 54 valence electrons. The molecule has 0 aliphatic carbocycles. The Morgan fingerprint density at radius 3 is 2.56 bits per heavy atom. The van der Waals surface area contributed by atoms with Crippen molar-refractivity contribution in [2.45, 2.75) is 6.17 Å². The zero-order valence-corrected chi connectivity index (χ0v) is 5.39. The summed E-state index contributed by atoms with van der Waals surface area (Å²) in [5.74, 6) is -0.892. The number of rotatable bonds is 3. The van der Waals surface area contributed by atoms with Gasteiger partial charge in [0.15, 0.2) is 0 Å². The average Bonchev–Trinajstić information content (AvgIpc) is 1.87. The first kappa shape index (κ1) is 8.36. The van der Waals surface area contributed by atoms with E-state index in [1.165, 1.54) is 7.11 Å². The Morgan fingerprint density at radius 1 is 1.67 bits per heavy atom. The van der Waals surface area contributed by atoms with E-state index in [0.29, 0.717) is 0 Å². The molecular formula is C5H9FO3. The smallest absolute Gasteiger partial charge is 0.342 e. The minimum atomic E-state index is -1.65. The molecule has 3 nitrogen and oxygen atoms in total. The first-order valence-electron chi connectivity index (χ1n) is 2.43. The van der Waals surface area contributed by atoms with Gasteiger partial charge < -0.3 is 9.47 Å². The van der Waals surface area contributed by atoms with Gasteiger partial charge in [-0.3, -0.25) is 0 Å². The van der Waals surface area contributed by atoms with Crippen LogP contribution in [-0.2, 0) is 14.3 Å². The first-order chi connectivity index (χ1) is 4.22. The molecule has 0 rings (SSSR count). The fraction of sp³-hybridized carbons (Fsp3) is 0.800. The van der Waals surface area contributed by atoms with E-state index in [2.05, 4.69) is 9.47 Å². The van der Waals surface area contributed by atoms with Gasteiger partial charge in [0.1, 0.15) is 0 Å². The van der Waals surface area contributed by atoms with Gasteiger partial charge in [0, 0.05) is 7.11 Å². The summed E-state index contributed by atoms with van der Waals surface area (Å²) in [6.45, 7) is -0.243. The first-order valence-corrected chi connectivity index (χ1v) is 2.43. The molecule has 0 aromatic rings. The van der Waals surface area contributed by atoms with Gasteiger partial charge in [0.05, 0.1) is 13.7 Å². The molecule has 1 atom stereocenters. The number of ether oxygens (including phenoxy) is 2. The van der Waals surface area contributed by atoms with Crippen LogP contribution in [0, 0.1) is 0 Å². The normalized spacial score (nSPS) is 12.8. The molecule has 0 heterocycles. The van der Waals surface area contributed by atoms with Gasteiger partial charge in [0.25, 0.3) is 0 Å². The highest BCUT2D eigenvalue weighted by Gasteiger charge is 2.16. The standard InChI is InChI=1S/C5H9FO3/c1-8-3-4(6)5(7)9-2/h4H,3H2,1-2H3. The van der Waals surface area contributed by atoms with Crippen LogP contribution in [-0.4, -0.2) is 33.0 Å². The van der Waals surface area contributed by atoms with Crippen LogP contribution in [0.25, 0.3) is 0 Å². The van der Waals surface area contributed by atoms with Gasteiger partial charge >= 0.3 is 5.97 Å². The number of hydrogen-bond acceptors (Lipinski definition) is 3. The van der Waals surface area contributed by atoms with Gasteiger partial charge in [-0.05, 0) is 0 Å². The second-order valence-electron chi connectivity index (χ2n) is 1.45. The van der Waals surface area contributed by atoms with Crippen molar-refractivity contribution in [3.63, 3.8) is 0 Å². The fourth-order valence-electron chi connectivity index (χ4n) is 0.342. The Balaban J connectivity index is 3.45. The molecule has 0 fully saturated rings. The van der Waals surface area contributed by atoms with Crippen LogP contribution in [0.1, 0.15) is 0 Å². The van der Waals surface area contributed by atoms with Gasteiger partial charge in [-0.1, -0.05) is 0 Å². The number of esters is 1. The number of methoxy groups -OCH3 is 2. The van der Waals surface area contributed by atoms with E-state index in [1.807, 2.05) is 0 Å². The van der Waals surface area contributed by atoms with Crippen LogP contribution < -0.4 is 0 Å². The summed E-state index contributed by atoms with van der Waals surface area (Å²) >= 11 is 0. The number of hydrogen-bond donors (Lipinski definition) is 0. The van der Waals surface area contributed by atoms with Gasteiger partial charge in [-0.15, -0.1) is 0 Å². The fourth-order valence-corrected chi connectivity index (χ4v) is 0.342. The van der Waals surface area contributed by atoms with E-state index in [0.717, 1.165) is 7.11 Å². The molecular weight excluding hydrogens is 127 g/mol. The Kier molecular flexibility index (Phi) is 3.96. The summed E-state index contributed by atoms with van der Waals surface area (Å²) in [4.78, 5) is 10.2. The molecule has 0 spiro atoms. The summed E-state index contributed by atoms with van der Waals surface area (Å²) in [7, 11) is 2.44. The second kappa shape index (κ2) is 4.26. The summed E-state index contributed by atoms with van der Waals surface area (Å²) in [5, 5.41) is 0. The number of alkyl halides is 1. The molecule has 0 aliphatic rings. The topological polar surface area (TPSA) is 35.5 Å². The molecule has 9 heavy (non-hydrogen) atoms. The van der Waals surface area contributed by atoms with E-state index < -0.39 is 12.1 Å². The van der Waals surface area contributed by atoms with Crippen molar-refractivity contribution in [1.29, 1.82) is 0 Å². The van der Waals surface area contributed by atoms with E-state index in [4.69, 9.17) is 0 Å². The zero-order valence-electron chi connectivity index (χ0n) is 5.39. The lowest BCUT2D eigenvalue weighted by Crippen LogP contribution is -2.21. The number of halogens is 1. The van der Waals surface area contributed by atoms with Gasteiger partial charge in [0.2, 0.25) is 6.17 Å². The quantitative estimate of drug-likeness (QED) is 0.518. The number of carbonyl (C=O) groups excluding carboxylic acids is 1. The van der Waals surface area contributed by atoms with Crippen molar-refractivity contribution < 1.29 is 18.7 Å². The third kappa shape index (κ3) is 3.03. The summed E-state index contributed by atoms with van der Waals surface area (Å²) < 4.78 is 20.6. The van der Waals surface area contributed by atoms with Crippen LogP contribution >= 0.6 is 0 Å². The predicted octanol–water partition coefficient (Wildman–Crippen LogP) is 0.144. The van der Waals surface area contributed by atoms with Crippen molar-refractivity contribution in [2.24, 2.45) is 0 Å². The van der Waals surface area contributed by atoms with E-state index in [9.17, 15) is 9.18 Å². The molecule has 1 unspecified atom stereocenters. The van der Waals surface area contributed by atoms with Crippen molar-refractivity contribution in [1.82, 2.24) is 0 Å². The average molecular weight is 136 g/mol. The lowest BCUT2D eigenvalue weighted by Gasteiger charge is -2.02. The van der Waals surface area contributed by atoms with Crippen LogP contribution in [0.3, 0.4) is 0 Å². The molecule has 0 saturated heterocycles. The minimum Gasteiger partial charge on any atom is -0.467 e. The Morgan fingerprint density at radius 2 is 2.22 bits per heavy atom. The second-order valence-corrected chi connectivity index (χ2v) is 1.45. The third-order valence-electron chi connectivity index (χ3n) is 0.770. The summed E-state index contributed by atoms with van der Waals surface area (Å²) in [6, 6.07) is 0. The number of carbonyl (C=O) groups is 1. The third-order valence-corrected chi connectivity index (χ3v) is 0.770. The lowest BCUT2D eigenvalue weighted by molar-refractivity contribution is -0.148. The van der Waals surface area contributed by atoms with Crippen LogP contribution in [0.15, 0.2) is 0 Å². The maximum absolute atomic E-state index is 12.2. The van der Waals surface area contributed by atoms with E-state index in [-0.39, 0.29) is 6.61 Å². The molecule has 0 bridgehead atoms. The molecule has 0 radical (unpaired) electrons. The summed E-state index contributed by atoms with van der Waals surface area (Å²) in [5.41, 5.74) is 0. The predicted molar refractivity (Wildman–Crippen MR) is 28.8 cm³/mol. The molecule has 0 aromatic heterocycles. The van der Waals surface area contributed by atoms with Crippen molar-refractivity contribution in [3.8, 4) is 0 Å². The van der Waals surface area contributed by atoms with Crippen LogP contribution in [0.2, 0.25) is 0 Å². The van der Waals surface area contributed by atoms with Gasteiger partial charge in [-0.25, -0.2) is 9.18 Å². The largest absolute Gasteiger partial charge is 0.467 e. The van der Waals surface area contributed by atoms with Gasteiger partial charge in [-0.2, -0.15) is 0 Å². The minimum absolute atomic E-state index is 0.243. The van der Waals surface area contributed by atoms with E-state index in [1.54, 1.807) is 0 Å². The molecule has 0 saturated carbocycles. The Hall–Kier alpha value is -0.640. The molecule has 0 aliphatic heterocycles. The molecule has 0 aromatic carbocycles. The summed E-state index contributed by atoms with van der Waals surface area (Å²) in [6.07, 6.45) is -1.65. The van der Waals surface area contributed by atoms with Crippen LogP contribution in [0.5, 0.6) is 0 Å². The SMILES string of the molecule is COCC(F)C(=O)OC. The Bertz CT molecular complexity index is 94.2. The Labute approximate surface area is 52.8 Å². The highest BCUT2D eigenvalue weighted by molar-refractivity contribution is 5.74. The van der Waals surface area contributed by atoms with Crippen molar-refractivity contribution >= 4 is 5.97 Å². The highest BCUT2D eigenvalue weighted by Crippen LogP contribution is 1.92. The van der Waals surface area contributed by atoms with E-state index >= 15 is 0 Å². The maximum atomic E-state index is 12.2. The maximum Gasteiger partial charge on any atom is 0.342 e. The molecule has 0 amide bonds. The highest BCUT2D eigenvalue weighted by atomic mass is 19.1. The monoisotopic (exact) mass is 136 g/mol. The lowest BCUT2D eigenvalue weighted by atomic mass is 10.4. The van der Waals surface area contributed by atoms with Crippen molar-refractivity contribution in [2.75, 3.05) is 20.8 Å². The zero-order chi connectivity index (χ0) is 7.28.